The normalized spacial score (nSPS) is 15.4. The van der Waals surface area contributed by atoms with Crippen molar-refractivity contribution in [2.45, 2.75) is 58.0 Å². The quantitative estimate of drug-likeness (QED) is 0.479. The molecule has 0 spiro atoms. The molecule has 0 saturated heterocycles. The van der Waals surface area contributed by atoms with Gasteiger partial charge in [0.25, 0.3) is 0 Å². The molecule has 0 aromatic carbocycles. The highest BCUT2D eigenvalue weighted by Gasteiger charge is 2.09. The molecule has 2 unspecified atom stereocenters. The molecular formula is C11H24O2S. The maximum Gasteiger partial charge on any atom is 0.131 e. The van der Waals surface area contributed by atoms with E-state index in [1.165, 1.54) is 32.1 Å². The molecule has 86 valence electrons. The molecule has 0 aromatic heterocycles. The molecule has 3 heteroatoms. The second-order valence-corrected chi connectivity index (χ2v) is 5.43. The molecule has 0 saturated carbocycles. The van der Waals surface area contributed by atoms with Crippen molar-refractivity contribution < 1.29 is 9.66 Å². The molecule has 0 radical (unpaired) electrons. The molecule has 0 aliphatic heterocycles. The van der Waals surface area contributed by atoms with Gasteiger partial charge < -0.3 is 9.66 Å². The van der Waals surface area contributed by atoms with E-state index in [1.807, 2.05) is 0 Å². The van der Waals surface area contributed by atoms with Crippen molar-refractivity contribution in [3.63, 3.8) is 0 Å². The first-order valence-corrected chi connectivity index (χ1v) is 7.37. The van der Waals surface area contributed by atoms with Crippen molar-refractivity contribution in [1.82, 2.24) is 0 Å². The third-order valence-corrected chi connectivity index (χ3v) is 3.17. The van der Waals surface area contributed by atoms with E-state index >= 15 is 0 Å². The second-order valence-electron chi connectivity index (χ2n) is 3.95. The van der Waals surface area contributed by atoms with E-state index in [1.54, 1.807) is 6.26 Å². The Morgan fingerprint density at radius 3 is 2.29 bits per heavy atom. The Bertz CT molecular complexity index is 118. The van der Waals surface area contributed by atoms with Gasteiger partial charge >= 0.3 is 0 Å². The Hall–Kier alpha value is 0.270. The molecule has 0 heterocycles. The summed E-state index contributed by atoms with van der Waals surface area (Å²) in [6.07, 6.45) is 9.55. The van der Waals surface area contributed by atoms with Crippen molar-refractivity contribution >= 4 is 11.2 Å². The fourth-order valence-corrected chi connectivity index (χ4v) is 2.22. The summed E-state index contributed by atoms with van der Waals surface area (Å²) in [4.78, 5) is 0. The van der Waals surface area contributed by atoms with Gasteiger partial charge in [0.2, 0.25) is 0 Å². The number of aliphatic hydroxyl groups is 1. The third kappa shape index (κ3) is 10.4. The van der Waals surface area contributed by atoms with Gasteiger partial charge in [0.1, 0.15) is 5.75 Å². The molecular weight excluding hydrogens is 196 g/mol. The number of unbranched alkanes of at least 4 members (excludes halogenated alkanes) is 5. The highest BCUT2D eigenvalue weighted by molar-refractivity contribution is 7.90. The maximum atomic E-state index is 10.8. The van der Waals surface area contributed by atoms with Gasteiger partial charge in [-0.3, -0.25) is 0 Å². The van der Waals surface area contributed by atoms with Crippen LogP contribution in [-0.4, -0.2) is 27.8 Å². The SMILES string of the molecule is CCCCCCCCC(O)C[S+](C)[O-]. The van der Waals surface area contributed by atoms with E-state index in [0.29, 0.717) is 5.75 Å². The lowest BCUT2D eigenvalue weighted by molar-refractivity contribution is 0.182. The molecule has 0 aliphatic carbocycles. The van der Waals surface area contributed by atoms with E-state index in [9.17, 15) is 9.66 Å². The molecule has 1 N–H and O–H groups in total. The van der Waals surface area contributed by atoms with Crippen LogP contribution in [0.5, 0.6) is 0 Å². The van der Waals surface area contributed by atoms with Crippen LogP contribution >= 0.6 is 0 Å². The van der Waals surface area contributed by atoms with E-state index in [4.69, 9.17) is 0 Å². The Balaban J connectivity index is 3.10. The first kappa shape index (κ1) is 14.3. The van der Waals surface area contributed by atoms with Crippen molar-refractivity contribution in [1.29, 1.82) is 0 Å². The number of rotatable bonds is 9. The molecule has 0 rings (SSSR count). The van der Waals surface area contributed by atoms with Gasteiger partial charge in [-0.05, 0) is 6.42 Å². The average molecular weight is 220 g/mol. The minimum atomic E-state index is -0.856. The summed E-state index contributed by atoms with van der Waals surface area (Å²) in [5.74, 6) is 0.439. The van der Waals surface area contributed by atoms with Gasteiger partial charge in [0.15, 0.2) is 0 Å². The summed E-state index contributed by atoms with van der Waals surface area (Å²) in [7, 11) is 0. The largest absolute Gasteiger partial charge is 0.616 e. The van der Waals surface area contributed by atoms with Crippen LogP contribution in [0.2, 0.25) is 0 Å². The highest BCUT2D eigenvalue weighted by Crippen LogP contribution is 2.09. The van der Waals surface area contributed by atoms with Crippen molar-refractivity contribution in [2.75, 3.05) is 12.0 Å². The number of hydrogen-bond donors (Lipinski definition) is 1. The van der Waals surface area contributed by atoms with E-state index < -0.39 is 11.2 Å². The van der Waals surface area contributed by atoms with E-state index in [-0.39, 0.29) is 6.10 Å². The fourth-order valence-electron chi connectivity index (χ4n) is 1.51. The van der Waals surface area contributed by atoms with Gasteiger partial charge in [-0.25, -0.2) is 0 Å². The van der Waals surface area contributed by atoms with Crippen molar-refractivity contribution in [2.24, 2.45) is 0 Å². The van der Waals surface area contributed by atoms with Gasteiger partial charge in [0, 0.05) is 0 Å². The Morgan fingerprint density at radius 1 is 1.14 bits per heavy atom. The van der Waals surface area contributed by atoms with Gasteiger partial charge in [0.05, 0.1) is 12.4 Å². The smallest absolute Gasteiger partial charge is 0.131 e. The molecule has 2 nitrogen and oxygen atoms in total. The average Bonchev–Trinajstić information content (AvgIpc) is 2.10. The third-order valence-electron chi connectivity index (χ3n) is 2.32. The summed E-state index contributed by atoms with van der Waals surface area (Å²) in [6.45, 7) is 2.21. The Morgan fingerprint density at radius 2 is 1.71 bits per heavy atom. The summed E-state index contributed by atoms with van der Waals surface area (Å²) in [5.41, 5.74) is 0. The molecule has 0 amide bonds. The second kappa shape index (κ2) is 9.81. The Kier molecular flexibility index (Phi) is 10.0. The van der Waals surface area contributed by atoms with Crippen LogP contribution in [0, 0.1) is 0 Å². The van der Waals surface area contributed by atoms with Crippen LogP contribution in [0.3, 0.4) is 0 Å². The van der Waals surface area contributed by atoms with Crippen LogP contribution in [-0.2, 0) is 11.2 Å². The van der Waals surface area contributed by atoms with Crippen molar-refractivity contribution in [3.8, 4) is 0 Å². The van der Waals surface area contributed by atoms with Crippen LogP contribution in [0.25, 0.3) is 0 Å². The lowest BCUT2D eigenvalue weighted by Gasteiger charge is -2.11. The zero-order chi connectivity index (χ0) is 10.8. The fraction of sp³-hybridized carbons (Fsp3) is 1.00. The minimum Gasteiger partial charge on any atom is -0.616 e. The minimum absolute atomic E-state index is 0.355. The van der Waals surface area contributed by atoms with Gasteiger partial charge in [-0.2, -0.15) is 0 Å². The molecule has 0 bridgehead atoms. The monoisotopic (exact) mass is 220 g/mol. The van der Waals surface area contributed by atoms with E-state index in [0.717, 1.165) is 12.8 Å². The standard InChI is InChI=1S/C11H24O2S/c1-3-4-5-6-7-8-9-11(12)10-14(2)13/h11-12H,3-10H2,1-2H3. The first-order chi connectivity index (χ1) is 6.66. The molecule has 0 aliphatic rings. The predicted molar refractivity (Wildman–Crippen MR) is 62.9 cm³/mol. The van der Waals surface area contributed by atoms with E-state index in [2.05, 4.69) is 6.92 Å². The molecule has 0 aromatic rings. The van der Waals surface area contributed by atoms with Crippen LogP contribution in [0.15, 0.2) is 0 Å². The zero-order valence-corrected chi connectivity index (χ0v) is 10.3. The van der Waals surface area contributed by atoms with Crippen LogP contribution in [0.1, 0.15) is 51.9 Å². The summed E-state index contributed by atoms with van der Waals surface area (Å²) < 4.78 is 10.8. The predicted octanol–water partition coefficient (Wildman–Crippen LogP) is 2.48. The Labute approximate surface area is 91.3 Å². The van der Waals surface area contributed by atoms with Gasteiger partial charge in [-0.15, -0.1) is 0 Å². The molecule has 14 heavy (non-hydrogen) atoms. The van der Waals surface area contributed by atoms with Gasteiger partial charge in [-0.1, -0.05) is 56.6 Å². The zero-order valence-electron chi connectivity index (χ0n) is 9.50. The molecule has 0 fully saturated rings. The lowest BCUT2D eigenvalue weighted by atomic mass is 10.1. The maximum absolute atomic E-state index is 10.8. The lowest BCUT2D eigenvalue weighted by Crippen LogP contribution is -2.19. The summed E-state index contributed by atoms with van der Waals surface area (Å²) >= 11 is -0.856. The van der Waals surface area contributed by atoms with Crippen LogP contribution < -0.4 is 0 Å². The number of hydrogen-bond acceptors (Lipinski definition) is 2. The molecule has 2 atom stereocenters. The first-order valence-electron chi connectivity index (χ1n) is 5.65. The van der Waals surface area contributed by atoms with Crippen molar-refractivity contribution in [3.05, 3.63) is 0 Å². The number of aliphatic hydroxyl groups excluding tert-OH is 1. The highest BCUT2D eigenvalue weighted by atomic mass is 32.2. The topological polar surface area (TPSA) is 43.3 Å². The van der Waals surface area contributed by atoms with Crippen LogP contribution in [0.4, 0.5) is 0 Å². The summed E-state index contributed by atoms with van der Waals surface area (Å²) in [5, 5.41) is 9.43. The summed E-state index contributed by atoms with van der Waals surface area (Å²) in [6, 6.07) is 0.